The molecule has 2 atom stereocenters. The molecule has 0 fully saturated rings. The van der Waals surface area contributed by atoms with Crippen LogP contribution in [0.2, 0.25) is 0 Å². The van der Waals surface area contributed by atoms with E-state index >= 15 is 0 Å². The number of rotatable bonds is 17. The molecule has 8 heteroatoms. The lowest BCUT2D eigenvalue weighted by Gasteiger charge is -2.15. The Balaban J connectivity index is 3.71. The molecule has 2 unspecified atom stereocenters. The van der Waals surface area contributed by atoms with Crippen LogP contribution >= 0.6 is 23.5 Å². The second-order valence-corrected chi connectivity index (χ2v) is 7.72. The van der Waals surface area contributed by atoms with Gasteiger partial charge in [0.1, 0.15) is 25.8 Å². The van der Waals surface area contributed by atoms with Crippen LogP contribution in [0.5, 0.6) is 0 Å². The van der Waals surface area contributed by atoms with Crippen molar-refractivity contribution in [3.05, 3.63) is 0 Å². The number of ketones is 2. The molecule has 0 aliphatic carbocycles. The first-order valence-corrected chi connectivity index (χ1v) is 9.95. The van der Waals surface area contributed by atoms with E-state index in [1.807, 2.05) is 6.92 Å². The van der Waals surface area contributed by atoms with Crippen molar-refractivity contribution in [1.82, 2.24) is 0 Å². The Morgan fingerprint density at radius 1 is 1.00 bits per heavy atom. The summed E-state index contributed by atoms with van der Waals surface area (Å²) < 4.78 is 10.2. The topological polar surface area (TPSA) is 86.7 Å². The third-order valence-electron chi connectivity index (χ3n) is 2.80. The first kappa shape index (κ1) is 23.3. The lowest BCUT2D eigenvalue weighted by atomic mass is 10.2. The predicted molar refractivity (Wildman–Crippen MR) is 96.9 cm³/mol. The van der Waals surface area contributed by atoms with Crippen LogP contribution in [0.25, 0.3) is 0 Å². The van der Waals surface area contributed by atoms with Crippen LogP contribution in [0.15, 0.2) is 0 Å². The monoisotopic (exact) mass is 378 g/mol. The van der Waals surface area contributed by atoms with Crippen molar-refractivity contribution >= 4 is 47.7 Å². The van der Waals surface area contributed by atoms with Gasteiger partial charge in [0.15, 0.2) is 11.6 Å². The van der Waals surface area contributed by atoms with Crippen LogP contribution in [-0.4, -0.2) is 72.6 Å². The molecule has 0 spiro atoms. The van der Waals surface area contributed by atoms with E-state index in [0.717, 1.165) is 18.3 Å². The first-order valence-electron chi connectivity index (χ1n) is 7.85. The van der Waals surface area contributed by atoms with E-state index in [0.29, 0.717) is 18.6 Å². The minimum absolute atomic E-state index is 0.0142. The van der Waals surface area contributed by atoms with E-state index in [9.17, 15) is 19.2 Å². The fourth-order valence-corrected chi connectivity index (χ4v) is 3.80. The molecular formula is C16H26O6S2. The SMILES string of the molecule is CCSC(C=O)C(C=O)SCCCC(=O)COCCOCC(C)=O. The van der Waals surface area contributed by atoms with Gasteiger partial charge < -0.3 is 19.1 Å². The average Bonchev–Trinajstić information content (AvgIpc) is 2.56. The third-order valence-corrected chi connectivity index (χ3v) is 5.41. The van der Waals surface area contributed by atoms with Crippen LogP contribution in [0.1, 0.15) is 26.7 Å². The van der Waals surface area contributed by atoms with Crippen LogP contribution in [0.3, 0.4) is 0 Å². The van der Waals surface area contributed by atoms with E-state index in [1.54, 1.807) is 0 Å². The highest BCUT2D eigenvalue weighted by Gasteiger charge is 2.20. The van der Waals surface area contributed by atoms with E-state index in [2.05, 4.69) is 0 Å². The minimum Gasteiger partial charge on any atom is -0.371 e. The molecule has 0 aromatic rings. The molecule has 0 aliphatic heterocycles. The zero-order valence-electron chi connectivity index (χ0n) is 14.2. The Kier molecular flexibility index (Phi) is 15.3. The lowest BCUT2D eigenvalue weighted by Crippen LogP contribution is -2.24. The van der Waals surface area contributed by atoms with E-state index in [4.69, 9.17) is 9.47 Å². The molecule has 0 aromatic heterocycles. The summed E-state index contributed by atoms with van der Waals surface area (Å²) in [5, 5.41) is -0.691. The molecule has 0 rings (SSSR count). The Morgan fingerprint density at radius 3 is 2.12 bits per heavy atom. The normalized spacial score (nSPS) is 13.2. The van der Waals surface area contributed by atoms with Gasteiger partial charge >= 0.3 is 0 Å². The van der Waals surface area contributed by atoms with Gasteiger partial charge in [-0.05, 0) is 24.9 Å². The number of aldehydes is 2. The molecule has 0 aromatic carbocycles. The zero-order chi connectivity index (χ0) is 18.2. The van der Waals surface area contributed by atoms with E-state index in [-0.39, 0.29) is 48.5 Å². The predicted octanol–water partition coefficient (Wildman–Crippen LogP) is 1.58. The summed E-state index contributed by atoms with van der Waals surface area (Å²) in [6, 6.07) is 0. The Hall–Kier alpha value is -0.700. The van der Waals surface area contributed by atoms with Crippen molar-refractivity contribution in [2.75, 3.05) is 37.9 Å². The second-order valence-electron chi connectivity index (χ2n) is 4.98. The quantitative estimate of drug-likeness (QED) is 0.278. The smallest absolute Gasteiger partial charge is 0.158 e. The number of Topliss-reactive ketones (excluding diaryl/α,β-unsaturated/α-hetero) is 2. The fraction of sp³-hybridized carbons (Fsp3) is 0.750. The average molecular weight is 379 g/mol. The Morgan fingerprint density at radius 2 is 1.58 bits per heavy atom. The van der Waals surface area contributed by atoms with Gasteiger partial charge in [-0.25, -0.2) is 0 Å². The molecular weight excluding hydrogens is 352 g/mol. The highest BCUT2D eigenvalue weighted by molar-refractivity contribution is 8.04. The molecule has 0 heterocycles. The molecule has 0 bridgehead atoms. The molecule has 0 aliphatic rings. The number of thioether (sulfide) groups is 2. The van der Waals surface area contributed by atoms with Gasteiger partial charge in [0.05, 0.1) is 23.7 Å². The summed E-state index contributed by atoms with van der Waals surface area (Å²) in [5.41, 5.74) is 0. The highest BCUT2D eigenvalue weighted by Crippen LogP contribution is 2.22. The maximum atomic E-state index is 11.6. The highest BCUT2D eigenvalue weighted by atomic mass is 32.2. The van der Waals surface area contributed by atoms with Crippen LogP contribution < -0.4 is 0 Å². The number of hydrogen-bond acceptors (Lipinski definition) is 8. The molecule has 24 heavy (non-hydrogen) atoms. The first-order chi connectivity index (χ1) is 11.5. The Bertz CT molecular complexity index is 389. The standard InChI is InChI=1S/C16H26O6S2/c1-3-23-15(9-17)16(10-18)24-8-4-5-14(20)12-22-7-6-21-11-13(2)19/h9-10,15-16H,3-8,11-12H2,1-2H3. The number of carbonyl (C=O) groups excluding carboxylic acids is 4. The number of ether oxygens (including phenoxy) is 2. The summed E-state index contributed by atoms with van der Waals surface area (Å²) >= 11 is 2.86. The van der Waals surface area contributed by atoms with Gasteiger partial charge in [0, 0.05) is 6.42 Å². The lowest BCUT2D eigenvalue weighted by molar-refractivity contribution is -0.126. The van der Waals surface area contributed by atoms with Crippen molar-refractivity contribution < 1.29 is 28.7 Å². The Labute approximate surface area is 151 Å². The van der Waals surface area contributed by atoms with Gasteiger partial charge in [-0.3, -0.25) is 9.59 Å². The maximum absolute atomic E-state index is 11.6. The van der Waals surface area contributed by atoms with Gasteiger partial charge in [-0.2, -0.15) is 0 Å². The molecule has 0 saturated heterocycles. The van der Waals surface area contributed by atoms with Gasteiger partial charge in [-0.15, -0.1) is 23.5 Å². The molecule has 0 N–H and O–H groups in total. The summed E-state index contributed by atoms with van der Waals surface area (Å²) in [4.78, 5) is 44.3. The van der Waals surface area contributed by atoms with E-state index < -0.39 is 0 Å². The molecule has 0 saturated carbocycles. The van der Waals surface area contributed by atoms with Crippen molar-refractivity contribution in [3.63, 3.8) is 0 Å². The van der Waals surface area contributed by atoms with Crippen LogP contribution in [-0.2, 0) is 28.7 Å². The molecule has 0 radical (unpaired) electrons. The molecule has 0 amide bonds. The molecule has 6 nitrogen and oxygen atoms in total. The summed E-state index contributed by atoms with van der Waals surface area (Å²) in [6.45, 7) is 4.02. The van der Waals surface area contributed by atoms with Crippen LogP contribution in [0, 0.1) is 0 Å². The van der Waals surface area contributed by atoms with Crippen molar-refractivity contribution in [2.24, 2.45) is 0 Å². The van der Waals surface area contributed by atoms with Gasteiger partial charge in [0.2, 0.25) is 0 Å². The van der Waals surface area contributed by atoms with Gasteiger partial charge in [-0.1, -0.05) is 6.92 Å². The van der Waals surface area contributed by atoms with E-state index in [1.165, 1.54) is 30.4 Å². The maximum Gasteiger partial charge on any atom is 0.158 e. The summed E-state index contributed by atoms with van der Waals surface area (Å²) in [5.74, 6) is 1.36. The third kappa shape index (κ3) is 12.7. The van der Waals surface area contributed by atoms with Crippen molar-refractivity contribution in [2.45, 2.75) is 37.2 Å². The van der Waals surface area contributed by atoms with Crippen molar-refractivity contribution in [3.8, 4) is 0 Å². The van der Waals surface area contributed by atoms with Gasteiger partial charge in [0.25, 0.3) is 0 Å². The van der Waals surface area contributed by atoms with Crippen molar-refractivity contribution in [1.29, 1.82) is 0 Å². The molecule has 138 valence electrons. The largest absolute Gasteiger partial charge is 0.371 e. The number of carbonyl (C=O) groups is 4. The zero-order valence-corrected chi connectivity index (χ0v) is 15.9. The second kappa shape index (κ2) is 15.8. The minimum atomic E-state index is -0.364. The number of hydrogen-bond donors (Lipinski definition) is 0. The summed E-state index contributed by atoms with van der Waals surface area (Å²) in [6.07, 6.45) is 2.63. The van der Waals surface area contributed by atoms with Crippen LogP contribution in [0.4, 0.5) is 0 Å². The summed E-state index contributed by atoms with van der Waals surface area (Å²) in [7, 11) is 0. The fourth-order valence-electron chi connectivity index (χ4n) is 1.70.